The lowest BCUT2D eigenvalue weighted by Gasteiger charge is -2.23. The zero-order valence-corrected chi connectivity index (χ0v) is 12.8. The number of hydrogen-bond acceptors (Lipinski definition) is 3. The van der Waals surface area contributed by atoms with E-state index in [1.54, 1.807) is 17.6 Å². The number of nitrogens with one attached hydrogen (secondary N) is 1. The number of rotatable bonds is 6. The van der Waals surface area contributed by atoms with Gasteiger partial charge in [0.25, 0.3) is 0 Å². The van der Waals surface area contributed by atoms with E-state index in [0.29, 0.717) is 6.04 Å². The number of thiophene rings is 1. The first kappa shape index (κ1) is 14.1. The summed E-state index contributed by atoms with van der Waals surface area (Å²) in [6.07, 6.45) is 2.78. The minimum absolute atomic E-state index is 0.0771. The Morgan fingerprint density at radius 3 is 2.52 bits per heavy atom. The van der Waals surface area contributed by atoms with Gasteiger partial charge in [-0.05, 0) is 35.6 Å². The van der Waals surface area contributed by atoms with Crippen LogP contribution >= 0.6 is 11.3 Å². The Balaban J connectivity index is 1.89. The van der Waals surface area contributed by atoms with Gasteiger partial charge < -0.3 is 4.42 Å². The van der Waals surface area contributed by atoms with Gasteiger partial charge in [-0.2, -0.15) is 0 Å². The fourth-order valence-electron chi connectivity index (χ4n) is 2.54. The molecule has 0 saturated heterocycles. The molecule has 3 heteroatoms. The highest BCUT2D eigenvalue weighted by atomic mass is 32.1. The molecule has 0 amide bonds. The zero-order valence-electron chi connectivity index (χ0n) is 12.0. The fourth-order valence-corrected chi connectivity index (χ4v) is 3.41. The van der Waals surface area contributed by atoms with Crippen molar-refractivity contribution in [1.29, 1.82) is 0 Å². The number of furan rings is 1. The predicted molar refractivity (Wildman–Crippen MR) is 87.5 cm³/mol. The largest absolute Gasteiger partial charge is 0.467 e. The second kappa shape index (κ2) is 6.74. The van der Waals surface area contributed by atoms with Crippen molar-refractivity contribution in [1.82, 2.24) is 5.32 Å². The Kier molecular flexibility index (Phi) is 4.53. The van der Waals surface area contributed by atoms with E-state index in [9.17, 15) is 0 Å². The molecule has 3 rings (SSSR count). The molecule has 0 aliphatic carbocycles. The molecule has 0 aliphatic heterocycles. The Labute approximate surface area is 129 Å². The molecule has 0 radical (unpaired) electrons. The molecule has 0 bridgehead atoms. The van der Waals surface area contributed by atoms with E-state index in [1.165, 1.54) is 10.4 Å². The molecular formula is C18H19NOS. The molecule has 3 aromatic rings. The summed E-state index contributed by atoms with van der Waals surface area (Å²) in [5, 5.41) is 5.87. The minimum atomic E-state index is 0.0771. The van der Waals surface area contributed by atoms with Crippen molar-refractivity contribution in [2.24, 2.45) is 0 Å². The summed E-state index contributed by atoms with van der Waals surface area (Å²) in [5.41, 5.74) is 1.22. The van der Waals surface area contributed by atoms with Crippen LogP contribution in [-0.4, -0.2) is 0 Å². The van der Waals surface area contributed by atoms with Crippen molar-refractivity contribution < 1.29 is 4.42 Å². The van der Waals surface area contributed by atoms with Crippen molar-refractivity contribution in [3.8, 4) is 0 Å². The van der Waals surface area contributed by atoms with Crippen LogP contribution in [0.15, 0.2) is 70.7 Å². The normalized spacial score (nSPS) is 14.0. The lowest BCUT2D eigenvalue weighted by atomic mass is 10.0. The third kappa shape index (κ3) is 3.26. The van der Waals surface area contributed by atoms with Crippen molar-refractivity contribution >= 4 is 11.3 Å². The van der Waals surface area contributed by atoms with Gasteiger partial charge in [-0.25, -0.2) is 0 Å². The molecule has 0 aliphatic rings. The van der Waals surface area contributed by atoms with Crippen molar-refractivity contribution in [2.45, 2.75) is 25.4 Å². The van der Waals surface area contributed by atoms with Crippen LogP contribution in [0, 0.1) is 0 Å². The quantitative estimate of drug-likeness (QED) is 0.679. The molecule has 0 fully saturated rings. The molecule has 2 unspecified atom stereocenters. The van der Waals surface area contributed by atoms with Gasteiger partial charge in [0.1, 0.15) is 5.76 Å². The summed E-state index contributed by atoms with van der Waals surface area (Å²) in [4.78, 5) is 1.37. The highest BCUT2D eigenvalue weighted by Gasteiger charge is 2.21. The summed E-state index contributed by atoms with van der Waals surface area (Å²) in [6, 6.07) is 19.1. The Morgan fingerprint density at radius 2 is 1.90 bits per heavy atom. The average molecular weight is 297 g/mol. The topological polar surface area (TPSA) is 25.2 Å². The van der Waals surface area contributed by atoms with Gasteiger partial charge in [0.2, 0.25) is 0 Å². The van der Waals surface area contributed by atoms with Crippen LogP contribution < -0.4 is 5.32 Å². The van der Waals surface area contributed by atoms with Gasteiger partial charge in [-0.3, -0.25) is 5.32 Å². The molecule has 0 saturated carbocycles. The van der Waals surface area contributed by atoms with Gasteiger partial charge in [0, 0.05) is 10.9 Å². The van der Waals surface area contributed by atoms with Crippen LogP contribution in [-0.2, 0) is 0 Å². The summed E-state index contributed by atoms with van der Waals surface area (Å²) >= 11 is 1.80. The van der Waals surface area contributed by atoms with E-state index >= 15 is 0 Å². The fraction of sp³-hybridized carbons (Fsp3) is 0.222. The molecule has 21 heavy (non-hydrogen) atoms. The van der Waals surface area contributed by atoms with E-state index in [4.69, 9.17) is 4.42 Å². The van der Waals surface area contributed by atoms with Crippen LogP contribution in [0.1, 0.15) is 41.6 Å². The highest BCUT2D eigenvalue weighted by molar-refractivity contribution is 7.10. The van der Waals surface area contributed by atoms with Crippen molar-refractivity contribution in [2.75, 3.05) is 0 Å². The molecule has 1 N–H and O–H groups in total. The molecule has 2 heterocycles. The maximum atomic E-state index is 5.65. The van der Waals surface area contributed by atoms with Crippen LogP contribution in [0.2, 0.25) is 0 Å². The summed E-state index contributed by atoms with van der Waals surface area (Å²) in [5.74, 6) is 0.955. The maximum Gasteiger partial charge on any atom is 0.125 e. The van der Waals surface area contributed by atoms with Gasteiger partial charge in [0.15, 0.2) is 0 Å². The maximum absolute atomic E-state index is 5.65. The Morgan fingerprint density at radius 1 is 1.05 bits per heavy atom. The molecule has 0 spiro atoms. The number of benzene rings is 1. The van der Waals surface area contributed by atoms with Crippen molar-refractivity contribution in [3.05, 3.63) is 82.4 Å². The van der Waals surface area contributed by atoms with Crippen LogP contribution in [0.25, 0.3) is 0 Å². The molecule has 2 aromatic heterocycles. The minimum Gasteiger partial charge on any atom is -0.467 e. The highest BCUT2D eigenvalue weighted by Crippen LogP contribution is 2.29. The van der Waals surface area contributed by atoms with E-state index in [2.05, 4.69) is 54.0 Å². The third-order valence-corrected chi connectivity index (χ3v) is 4.61. The molecular weight excluding hydrogens is 278 g/mol. The monoisotopic (exact) mass is 297 g/mol. The standard InChI is InChI=1S/C18H19NOS/c1-2-15(17-11-7-13-21-17)19-18(16-10-6-12-20-16)14-8-4-3-5-9-14/h3-13,15,18-19H,2H2,1H3. The summed E-state index contributed by atoms with van der Waals surface area (Å²) in [7, 11) is 0. The van der Waals surface area contributed by atoms with Crippen LogP contribution in [0.5, 0.6) is 0 Å². The lowest BCUT2D eigenvalue weighted by molar-refractivity contribution is 0.405. The van der Waals surface area contributed by atoms with Gasteiger partial charge in [0.05, 0.1) is 12.3 Å². The van der Waals surface area contributed by atoms with Crippen molar-refractivity contribution in [3.63, 3.8) is 0 Å². The SMILES string of the molecule is CCC(NC(c1ccccc1)c1ccco1)c1cccs1. The first-order chi connectivity index (χ1) is 10.4. The average Bonchev–Trinajstić information content (AvgIpc) is 3.23. The van der Waals surface area contributed by atoms with E-state index in [0.717, 1.165) is 12.2 Å². The van der Waals surface area contributed by atoms with E-state index in [1.807, 2.05) is 18.2 Å². The molecule has 2 atom stereocenters. The summed E-state index contributed by atoms with van der Waals surface area (Å²) < 4.78 is 5.65. The molecule has 108 valence electrons. The predicted octanol–water partition coefficient (Wildman–Crippen LogP) is 5.17. The van der Waals surface area contributed by atoms with E-state index < -0.39 is 0 Å². The van der Waals surface area contributed by atoms with Crippen LogP contribution in [0.4, 0.5) is 0 Å². The molecule has 1 aromatic carbocycles. The lowest BCUT2D eigenvalue weighted by Crippen LogP contribution is -2.26. The zero-order chi connectivity index (χ0) is 14.5. The smallest absolute Gasteiger partial charge is 0.125 e. The second-order valence-electron chi connectivity index (χ2n) is 5.00. The summed E-state index contributed by atoms with van der Waals surface area (Å²) in [6.45, 7) is 2.21. The van der Waals surface area contributed by atoms with Gasteiger partial charge in [-0.1, -0.05) is 43.3 Å². The first-order valence-electron chi connectivity index (χ1n) is 7.26. The van der Waals surface area contributed by atoms with E-state index in [-0.39, 0.29) is 6.04 Å². The Bertz CT molecular complexity index is 631. The third-order valence-electron chi connectivity index (χ3n) is 3.62. The first-order valence-corrected chi connectivity index (χ1v) is 8.14. The van der Waals surface area contributed by atoms with Crippen LogP contribution in [0.3, 0.4) is 0 Å². The van der Waals surface area contributed by atoms with Gasteiger partial charge >= 0.3 is 0 Å². The second-order valence-corrected chi connectivity index (χ2v) is 5.98. The number of hydrogen-bond donors (Lipinski definition) is 1. The Hall–Kier alpha value is -1.84. The molecule has 2 nitrogen and oxygen atoms in total. The van der Waals surface area contributed by atoms with Gasteiger partial charge in [-0.15, -0.1) is 11.3 Å².